The second-order valence-corrected chi connectivity index (χ2v) is 12.2. The summed E-state index contributed by atoms with van der Waals surface area (Å²) in [7, 11) is 1.30. The highest BCUT2D eigenvalue weighted by Crippen LogP contribution is 2.32. The molecule has 0 aromatic heterocycles. The lowest BCUT2D eigenvalue weighted by Crippen LogP contribution is -2.48. The van der Waals surface area contributed by atoms with Crippen molar-refractivity contribution in [2.45, 2.75) is 56.3 Å². The fourth-order valence-electron chi connectivity index (χ4n) is 6.72. The molecular weight excluding hydrogens is 590 g/mol. The van der Waals surface area contributed by atoms with Crippen LogP contribution in [0.15, 0.2) is 103 Å². The lowest BCUT2D eigenvalue weighted by Gasteiger charge is -2.31. The summed E-state index contributed by atoms with van der Waals surface area (Å²) in [5.74, 6) is 0.208. The fraction of sp³-hybridized carbons (Fsp3) is 0.333. The molecule has 4 aromatic carbocycles. The predicted molar refractivity (Wildman–Crippen MR) is 183 cm³/mol. The number of hydrogen-bond acceptors (Lipinski definition) is 6. The van der Waals surface area contributed by atoms with Crippen LogP contribution < -0.4 is 20.7 Å². The summed E-state index contributed by atoms with van der Waals surface area (Å²) in [5.41, 5.74) is 6.25. The molecule has 1 aliphatic carbocycles. The summed E-state index contributed by atoms with van der Waals surface area (Å²) < 4.78 is 17.7. The Morgan fingerprint density at radius 3 is 2.30 bits per heavy atom. The lowest BCUT2D eigenvalue weighted by molar-refractivity contribution is -0.118. The summed E-state index contributed by atoms with van der Waals surface area (Å²) in [6.45, 7) is 2.01. The number of fused-ring (bicyclic) bond motifs is 1. The number of nitrogens with one attached hydrogen (secondary N) is 3. The van der Waals surface area contributed by atoms with Gasteiger partial charge in [-0.1, -0.05) is 91.0 Å². The molecular formula is C39H43N3O5. The van der Waals surface area contributed by atoms with Crippen LogP contribution in [0.1, 0.15) is 46.6 Å². The molecule has 47 heavy (non-hydrogen) atoms. The average molecular weight is 634 g/mol. The van der Waals surface area contributed by atoms with E-state index in [1.54, 1.807) is 0 Å². The summed E-state index contributed by atoms with van der Waals surface area (Å²) in [6.07, 6.45) is 4.16. The van der Waals surface area contributed by atoms with Gasteiger partial charge in [0, 0.05) is 24.7 Å². The van der Waals surface area contributed by atoms with Gasteiger partial charge in [-0.05, 0) is 72.1 Å². The first-order chi connectivity index (χ1) is 23.1. The number of carbonyl (C=O) groups is 2. The van der Waals surface area contributed by atoms with Gasteiger partial charge in [0.15, 0.2) is 0 Å². The maximum atomic E-state index is 14.1. The van der Waals surface area contributed by atoms with Crippen LogP contribution in [0.5, 0.6) is 5.75 Å². The highest BCUT2D eigenvalue weighted by atomic mass is 16.5. The molecule has 1 aliphatic heterocycles. The van der Waals surface area contributed by atoms with E-state index in [2.05, 4.69) is 34.1 Å². The zero-order valence-corrected chi connectivity index (χ0v) is 26.8. The third kappa shape index (κ3) is 8.20. The Bertz CT molecular complexity index is 1590. The molecule has 244 valence electrons. The zero-order chi connectivity index (χ0) is 32.4. The van der Waals surface area contributed by atoms with Crippen molar-refractivity contribution < 1.29 is 23.8 Å². The molecule has 8 nitrogen and oxygen atoms in total. The van der Waals surface area contributed by atoms with E-state index in [0.29, 0.717) is 18.7 Å². The second kappa shape index (κ2) is 15.8. The van der Waals surface area contributed by atoms with Crippen molar-refractivity contribution in [2.24, 2.45) is 0 Å². The molecule has 1 heterocycles. The number of aryl methyl sites for hydroxylation is 2. The van der Waals surface area contributed by atoms with Crippen LogP contribution in [0, 0.1) is 0 Å². The maximum Gasteiger partial charge on any atom is 0.407 e. The largest absolute Gasteiger partial charge is 0.491 e. The normalized spacial score (nSPS) is 17.8. The lowest BCUT2D eigenvalue weighted by atomic mass is 9.84. The second-order valence-electron chi connectivity index (χ2n) is 12.2. The van der Waals surface area contributed by atoms with E-state index in [1.807, 2.05) is 84.9 Å². The van der Waals surface area contributed by atoms with Gasteiger partial charge in [0.05, 0.1) is 13.2 Å². The van der Waals surface area contributed by atoms with Crippen molar-refractivity contribution in [1.82, 2.24) is 10.6 Å². The van der Waals surface area contributed by atoms with Crippen LogP contribution in [-0.2, 0) is 33.5 Å². The molecule has 8 heteroatoms. The first-order valence-electron chi connectivity index (χ1n) is 16.5. The molecule has 2 amide bonds. The van der Waals surface area contributed by atoms with Crippen LogP contribution in [0.25, 0.3) is 0 Å². The van der Waals surface area contributed by atoms with Crippen molar-refractivity contribution in [2.75, 3.05) is 32.1 Å². The Kier molecular flexibility index (Phi) is 10.8. The summed E-state index contributed by atoms with van der Waals surface area (Å²) >= 11 is 0. The molecule has 4 aromatic rings. The van der Waals surface area contributed by atoms with Crippen molar-refractivity contribution in [3.8, 4) is 5.75 Å². The molecule has 3 unspecified atom stereocenters. The van der Waals surface area contributed by atoms with Crippen LogP contribution in [0.3, 0.4) is 0 Å². The van der Waals surface area contributed by atoms with Crippen LogP contribution in [-0.4, -0.2) is 57.1 Å². The minimum absolute atomic E-state index is 0.0110. The zero-order valence-electron chi connectivity index (χ0n) is 26.8. The molecule has 0 saturated carbocycles. The van der Waals surface area contributed by atoms with Gasteiger partial charge < -0.3 is 30.2 Å². The van der Waals surface area contributed by atoms with Crippen LogP contribution >= 0.6 is 0 Å². The third-order valence-electron chi connectivity index (χ3n) is 9.06. The summed E-state index contributed by atoms with van der Waals surface area (Å²) in [4.78, 5) is 26.6. The smallest absolute Gasteiger partial charge is 0.407 e. The number of methoxy groups -OCH3 is 1. The van der Waals surface area contributed by atoms with Gasteiger partial charge in [-0.3, -0.25) is 4.79 Å². The minimum atomic E-state index is -0.933. The molecule has 1 saturated heterocycles. The number of carbonyl (C=O) groups excluding carboxylic acids is 2. The van der Waals surface area contributed by atoms with E-state index in [1.165, 1.54) is 24.7 Å². The first kappa shape index (κ1) is 32.3. The molecule has 2 aliphatic rings. The Morgan fingerprint density at radius 2 is 1.55 bits per heavy atom. The van der Waals surface area contributed by atoms with E-state index >= 15 is 0 Å². The number of morpholine rings is 1. The Labute approximate surface area is 276 Å². The topological polar surface area (TPSA) is 97.9 Å². The Morgan fingerprint density at radius 1 is 0.851 bits per heavy atom. The van der Waals surface area contributed by atoms with Gasteiger partial charge >= 0.3 is 6.09 Å². The van der Waals surface area contributed by atoms with Gasteiger partial charge in [-0.2, -0.15) is 0 Å². The molecule has 0 spiro atoms. The average Bonchev–Trinajstić information content (AvgIpc) is 3.61. The number of para-hydroxylation sites is 1. The predicted octanol–water partition coefficient (Wildman–Crippen LogP) is 6.04. The number of hydrogen-bond donors (Lipinski definition) is 3. The van der Waals surface area contributed by atoms with E-state index in [-0.39, 0.29) is 18.1 Å². The fourth-order valence-corrected chi connectivity index (χ4v) is 6.72. The SMILES string of the molecule is COC(=O)NC(C(=O)Nc1ccccc1CCC1CNCC(COc2cccc3c2CCC3)O1)C(c1ccccc1)c1ccccc1. The molecule has 3 atom stereocenters. The third-order valence-corrected chi connectivity index (χ3v) is 9.06. The van der Waals surface area contributed by atoms with E-state index in [4.69, 9.17) is 14.2 Å². The number of alkyl carbamates (subject to hydrolysis) is 1. The van der Waals surface area contributed by atoms with Gasteiger partial charge in [0.25, 0.3) is 0 Å². The monoisotopic (exact) mass is 633 g/mol. The van der Waals surface area contributed by atoms with E-state index in [0.717, 1.165) is 54.8 Å². The summed E-state index contributed by atoms with van der Waals surface area (Å²) in [5, 5.41) is 9.46. The number of rotatable bonds is 12. The standard InChI is InChI=1S/C39H43N3O5/c1-45-39(44)42-37(36(29-13-4-2-5-14-29)30-15-6-3-7-16-30)38(43)41-34-20-9-8-12-28(34)22-23-31-24-40-25-32(47-31)26-46-35-21-11-18-27-17-10-19-33(27)35/h2-9,11-16,18,20-21,31-32,36-37,40H,10,17,19,22-26H2,1H3,(H,41,43)(H,42,44). The molecule has 1 fully saturated rings. The first-order valence-corrected chi connectivity index (χ1v) is 16.5. The van der Waals surface area contributed by atoms with Crippen molar-refractivity contribution in [3.05, 3.63) is 131 Å². The van der Waals surface area contributed by atoms with Crippen LogP contribution in [0.4, 0.5) is 10.5 Å². The number of anilines is 1. The Hall–Kier alpha value is -4.66. The van der Waals surface area contributed by atoms with Crippen molar-refractivity contribution in [1.29, 1.82) is 0 Å². The van der Waals surface area contributed by atoms with Crippen molar-refractivity contribution in [3.63, 3.8) is 0 Å². The van der Waals surface area contributed by atoms with Crippen molar-refractivity contribution >= 4 is 17.7 Å². The molecule has 3 N–H and O–H groups in total. The van der Waals surface area contributed by atoms with Gasteiger partial charge in [0.1, 0.15) is 24.5 Å². The highest BCUT2D eigenvalue weighted by molar-refractivity contribution is 5.98. The van der Waals surface area contributed by atoms with Gasteiger partial charge in [-0.15, -0.1) is 0 Å². The minimum Gasteiger partial charge on any atom is -0.491 e. The van der Waals surface area contributed by atoms with Crippen LogP contribution in [0.2, 0.25) is 0 Å². The summed E-state index contributed by atoms with van der Waals surface area (Å²) in [6, 6.07) is 32.7. The van der Waals surface area contributed by atoms with Gasteiger partial charge in [0.2, 0.25) is 5.91 Å². The quantitative estimate of drug-likeness (QED) is 0.176. The maximum absolute atomic E-state index is 14.1. The highest BCUT2D eigenvalue weighted by Gasteiger charge is 2.33. The number of amides is 2. The van der Waals surface area contributed by atoms with E-state index < -0.39 is 18.1 Å². The molecule has 6 rings (SSSR count). The number of ether oxygens (including phenoxy) is 3. The Balaban J connectivity index is 1.12. The van der Waals surface area contributed by atoms with Gasteiger partial charge in [-0.25, -0.2) is 4.79 Å². The molecule has 0 bridgehead atoms. The number of benzene rings is 4. The van der Waals surface area contributed by atoms with E-state index in [9.17, 15) is 9.59 Å². The molecule has 0 radical (unpaired) electrons.